The molecular formula is C16H13F2NO3. The molecule has 2 aromatic carbocycles. The molecule has 114 valence electrons. The van der Waals surface area contributed by atoms with E-state index in [1.54, 1.807) is 6.92 Å². The van der Waals surface area contributed by atoms with Gasteiger partial charge in [-0.3, -0.25) is 4.79 Å². The molecule has 0 saturated heterocycles. The van der Waals surface area contributed by atoms with Crippen LogP contribution in [0.1, 0.15) is 15.9 Å². The summed E-state index contributed by atoms with van der Waals surface area (Å²) in [5, 5.41) is 2.44. The van der Waals surface area contributed by atoms with Crippen LogP contribution in [-0.4, -0.2) is 18.5 Å². The molecule has 1 amide bonds. The van der Waals surface area contributed by atoms with Crippen LogP contribution in [-0.2, 0) is 9.53 Å². The van der Waals surface area contributed by atoms with Crippen molar-refractivity contribution in [1.82, 2.24) is 0 Å². The first-order valence-corrected chi connectivity index (χ1v) is 6.44. The average Bonchev–Trinajstić information content (AvgIpc) is 2.48. The van der Waals surface area contributed by atoms with E-state index in [0.717, 1.165) is 6.07 Å². The second-order valence-corrected chi connectivity index (χ2v) is 4.59. The van der Waals surface area contributed by atoms with Crippen LogP contribution in [0.3, 0.4) is 0 Å². The van der Waals surface area contributed by atoms with Crippen molar-refractivity contribution in [3.8, 4) is 0 Å². The minimum atomic E-state index is -0.814. The highest BCUT2D eigenvalue weighted by Gasteiger charge is 2.12. The predicted octanol–water partition coefficient (Wildman–Crippen LogP) is 3.07. The maximum atomic E-state index is 13.1. The van der Waals surface area contributed by atoms with Gasteiger partial charge in [-0.2, -0.15) is 0 Å². The molecule has 2 rings (SSSR count). The lowest BCUT2D eigenvalue weighted by molar-refractivity contribution is -0.119. The van der Waals surface area contributed by atoms with Crippen molar-refractivity contribution < 1.29 is 23.1 Å². The summed E-state index contributed by atoms with van der Waals surface area (Å²) in [6, 6.07) is 8.90. The van der Waals surface area contributed by atoms with Gasteiger partial charge < -0.3 is 10.1 Å². The lowest BCUT2D eigenvalue weighted by Gasteiger charge is -2.09. The Kier molecular flexibility index (Phi) is 4.83. The zero-order valence-electron chi connectivity index (χ0n) is 11.7. The summed E-state index contributed by atoms with van der Waals surface area (Å²) in [4.78, 5) is 23.3. The molecule has 0 atom stereocenters. The molecule has 0 aliphatic rings. The van der Waals surface area contributed by atoms with Crippen LogP contribution >= 0.6 is 0 Å². The summed E-state index contributed by atoms with van der Waals surface area (Å²) < 4.78 is 30.8. The number of amides is 1. The number of hydrogen-bond donors (Lipinski definition) is 1. The Morgan fingerprint density at radius 1 is 1.09 bits per heavy atom. The molecule has 0 bridgehead atoms. The number of ether oxygens (including phenoxy) is 1. The van der Waals surface area contributed by atoms with Crippen molar-refractivity contribution in [2.45, 2.75) is 6.92 Å². The third-order valence-electron chi connectivity index (χ3n) is 2.87. The number of nitrogens with one attached hydrogen (secondary N) is 1. The van der Waals surface area contributed by atoms with Gasteiger partial charge >= 0.3 is 5.97 Å². The maximum absolute atomic E-state index is 13.1. The zero-order valence-corrected chi connectivity index (χ0v) is 11.7. The quantitative estimate of drug-likeness (QED) is 0.883. The average molecular weight is 305 g/mol. The standard InChI is InChI=1S/C16H13F2NO3/c1-10-5-6-13(18)8-14(10)19-15(20)9-22-16(21)11-3-2-4-12(17)7-11/h2-8H,9H2,1H3,(H,19,20). The van der Waals surface area contributed by atoms with Crippen LogP contribution in [0.5, 0.6) is 0 Å². The summed E-state index contributed by atoms with van der Waals surface area (Å²) in [6.45, 7) is 1.15. The molecule has 0 radical (unpaired) electrons. The van der Waals surface area contributed by atoms with Crippen molar-refractivity contribution in [2.75, 3.05) is 11.9 Å². The molecule has 0 aliphatic carbocycles. The number of esters is 1. The van der Waals surface area contributed by atoms with Crippen molar-refractivity contribution in [1.29, 1.82) is 0 Å². The highest BCUT2D eigenvalue weighted by Crippen LogP contribution is 2.15. The largest absolute Gasteiger partial charge is 0.452 e. The van der Waals surface area contributed by atoms with Gasteiger partial charge in [0.25, 0.3) is 5.91 Å². The number of benzene rings is 2. The third-order valence-corrected chi connectivity index (χ3v) is 2.87. The number of carbonyl (C=O) groups is 2. The smallest absolute Gasteiger partial charge is 0.338 e. The van der Waals surface area contributed by atoms with Crippen molar-refractivity contribution in [3.05, 3.63) is 65.2 Å². The van der Waals surface area contributed by atoms with Gasteiger partial charge in [0.2, 0.25) is 0 Å². The van der Waals surface area contributed by atoms with E-state index in [9.17, 15) is 18.4 Å². The molecular weight excluding hydrogens is 292 g/mol. The fraction of sp³-hybridized carbons (Fsp3) is 0.125. The third kappa shape index (κ3) is 4.12. The molecule has 0 aliphatic heterocycles. The normalized spacial score (nSPS) is 10.1. The van der Waals surface area contributed by atoms with Gasteiger partial charge in [-0.15, -0.1) is 0 Å². The van der Waals surface area contributed by atoms with E-state index in [-0.39, 0.29) is 5.56 Å². The first-order valence-electron chi connectivity index (χ1n) is 6.44. The zero-order chi connectivity index (χ0) is 16.1. The Hall–Kier alpha value is -2.76. The summed E-state index contributed by atoms with van der Waals surface area (Å²) in [6.07, 6.45) is 0. The monoisotopic (exact) mass is 305 g/mol. The van der Waals surface area contributed by atoms with Crippen LogP contribution < -0.4 is 5.32 Å². The molecule has 4 nitrogen and oxygen atoms in total. The first-order chi connectivity index (χ1) is 10.5. The number of rotatable bonds is 4. The van der Waals surface area contributed by atoms with Crippen molar-refractivity contribution in [3.63, 3.8) is 0 Å². The van der Waals surface area contributed by atoms with Crippen molar-refractivity contribution in [2.24, 2.45) is 0 Å². The van der Waals surface area contributed by atoms with Gasteiger partial charge in [0.15, 0.2) is 6.61 Å². The van der Waals surface area contributed by atoms with Crippen LogP contribution in [0, 0.1) is 18.6 Å². The van der Waals surface area contributed by atoms with Gasteiger partial charge in [-0.1, -0.05) is 12.1 Å². The van der Waals surface area contributed by atoms with Crippen LogP contribution in [0.25, 0.3) is 0 Å². The molecule has 0 aromatic heterocycles. The highest BCUT2D eigenvalue weighted by atomic mass is 19.1. The molecule has 0 spiro atoms. The number of aryl methyl sites for hydroxylation is 1. The molecule has 0 heterocycles. The van der Waals surface area contributed by atoms with E-state index in [4.69, 9.17) is 4.74 Å². The number of hydrogen-bond acceptors (Lipinski definition) is 3. The molecule has 22 heavy (non-hydrogen) atoms. The van der Waals surface area contributed by atoms with E-state index in [0.29, 0.717) is 11.3 Å². The van der Waals surface area contributed by atoms with Crippen LogP contribution in [0.15, 0.2) is 42.5 Å². The lowest BCUT2D eigenvalue weighted by Crippen LogP contribution is -2.21. The van der Waals surface area contributed by atoms with E-state index >= 15 is 0 Å². The van der Waals surface area contributed by atoms with Crippen LogP contribution in [0.4, 0.5) is 14.5 Å². The Morgan fingerprint density at radius 3 is 2.55 bits per heavy atom. The summed E-state index contributed by atoms with van der Waals surface area (Å²) in [5.41, 5.74) is 0.979. The van der Waals surface area contributed by atoms with Gasteiger partial charge in [-0.25, -0.2) is 13.6 Å². The predicted molar refractivity (Wildman–Crippen MR) is 76.4 cm³/mol. The minimum Gasteiger partial charge on any atom is -0.452 e. The van der Waals surface area contributed by atoms with E-state index in [2.05, 4.69) is 5.32 Å². The topological polar surface area (TPSA) is 55.4 Å². The fourth-order valence-corrected chi connectivity index (χ4v) is 1.75. The molecule has 6 heteroatoms. The Balaban J connectivity index is 1.93. The second-order valence-electron chi connectivity index (χ2n) is 4.59. The Labute approximate surface area is 125 Å². The van der Waals surface area contributed by atoms with E-state index < -0.39 is 30.1 Å². The summed E-state index contributed by atoms with van der Waals surface area (Å²) >= 11 is 0. The Bertz CT molecular complexity index is 716. The molecule has 1 N–H and O–H groups in total. The molecule has 2 aromatic rings. The van der Waals surface area contributed by atoms with Crippen molar-refractivity contribution >= 4 is 17.6 Å². The maximum Gasteiger partial charge on any atom is 0.338 e. The van der Waals surface area contributed by atoms with Crippen LogP contribution in [0.2, 0.25) is 0 Å². The number of carbonyl (C=O) groups excluding carboxylic acids is 2. The van der Waals surface area contributed by atoms with E-state index in [1.807, 2.05) is 0 Å². The SMILES string of the molecule is Cc1ccc(F)cc1NC(=O)COC(=O)c1cccc(F)c1. The highest BCUT2D eigenvalue weighted by molar-refractivity contribution is 5.95. The van der Waals surface area contributed by atoms with Gasteiger partial charge in [0.1, 0.15) is 11.6 Å². The lowest BCUT2D eigenvalue weighted by atomic mass is 10.2. The van der Waals surface area contributed by atoms with Gasteiger partial charge in [-0.05, 0) is 42.8 Å². The molecule has 0 saturated carbocycles. The van der Waals surface area contributed by atoms with Gasteiger partial charge in [0, 0.05) is 5.69 Å². The van der Waals surface area contributed by atoms with Gasteiger partial charge in [0.05, 0.1) is 5.56 Å². The number of anilines is 1. The molecule has 0 fully saturated rings. The number of halogens is 2. The second kappa shape index (κ2) is 6.80. The summed E-state index contributed by atoms with van der Waals surface area (Å²) in [5.74, 6) is -2.49. The Morgan fingerprint density at radius 2 is 1.82 bits per heavy atom. The first kappa shape index (κ1) is 15.6. The fourth-order valence-electron chi connectivity index (χ4n) is 1.75. The summed E-state index contributed by atoms with van der Waals surface area (Å²) in [7, 11) is 0. The molecule has 0 unspecified atom stereocenters. The minimum absolute atomic E-state index is 0.00901. The van der Waals surface area contributed by atoms with E-state index in [1.165, 1.54) is 36.4 Å².